The zero-order chi connectivity index (χ0) is 7.40. The monoisotopic (exact) mass is 279 g/mol. The van der Waals surface area contributed by atoms with Crippen LogP contribution in [0.25, 0.3) is 0 Å². The third kappa shape index (κ3) is 3.34. The van der Waals surface area contributed by atoms with Gasteiger partial charge in [-0.15, -0.1) is 17.0 Å². The molecule has 0 aromatic carbocycles. The van der Waals surface area contributed by atoms with E-state index in [-0.39, 0.29) is 17.0 Å². The number of hydrogen-bond donors (Lipinski definition) is 0. The maximum absolute atomic E-state index is 4.19. The minimum Gasteiger partial charge on any atom is -0.261 e. The van der Waals surface area contributed by atoms with Gasteiger partial charge in [0.2, 0.25) is 0 Å². The maximum atomic E-state index is 4.19. The molecule has 0 N–H and O–H groups in total. The Labute approximate surface area is 86.1 Å². The van der Waals surface area contributed by atoms with Gasteiger partial charge in [0.1, 0.15) is 0 Å². The summed E-state index contributed by atoms with van der Waals surface area (Å²) in [5.74, 6) is 0. The first kappa shape index (κ1) is 11.1. The van der Waals surface area contributed by atoms with Crippen molar-refractivity contribution in [2.24, 2.45) is 0 Å². The lowest BCUT2D eigenvalue weighted by Crippen LogP contribution is -1.87. The predicted molar refractivity (Wildman–Crippen MR) is 56.6 cm³/mol. The molecule has 3 heteroatoms. The largest absolute Gasteiger partial charge is 0.261 e. The van der Waals surface area contributed by atoms with Crippen molar-refractivity contribution in [3.8, 4) is 0 Å². The summed E-state index contributed by atoms with van der Waals surface area (Å²) in [5.41, 5.74) is 2.46. The van der Waals surface area contributed by atoms with E-state index in [9.17, 15) is 0 Å². The molecule has 0 unspecified atom stereocenters. The van der Waals surface area contributed by atoms with Crippen molar-refractivity contribution >= 4 is 32.9 Å². The van der Waals surface area contributed by atoms with Crippen molar-refractivity contribution in [1.82, 2.24) is 4.98 Å². The van der Waals surface area contributed by atoms with Gasteiger partial charge in [-0.1, -0.05) is 22.9 Å². The average Bonchev–Trinajstić information content (AvgIpc) is 2.05. The molecular weight excluding hydrogens is 270 g/mol. The Morgan fingerprint density at radius 1 is 1.55 bits per heavy atom. The van der Waals surface area contributed by atoms with E-state index in [1.807, 2.05) is 12.3 Å². The van der Waals surface area contributed by atoms with E-state index >= 15 is 0 Å². The van der Waals surface area contributed by atoms with Crippen molar-refractivity contribution in [3.63, 3.8) is 0 Å². The number of pyridine rings is 1. The molecule has 0 saturated heterocycles. The fraction of sp³-hybridized carbons (Fsp3) is 0.375. The van der Waals surface area contributed by atoms with Gasteiger partial charge >= 0.3 is 0 Å². The average molecular weight is 281 g/mol. The molecule has 62 valence electrons. The SMILES string of the molecule is Br.CCc1cc(CBr)ccn1. The number of hydrogen-bond acceptors (Lipinski definition) is 1. The van der Waals surface area contributed by atoms with Crippen LogP contribution < -0.4 is 0 Å². The van der Waals surface area contributed by atoms with Crippen LogP contribution >= 0.6 is 32.9 Å². The molecule has 0 saturated carbocycles. The molecule has 11 heavy (non-hydrogen) atoms. The maximum Gasteiger partial charge on any atom is 0.0403 e. The number of nitrogens with zero attached hydrogens (tertiary/aromatic N) is 1. The molecule has 0 radical (unpaired) electrons. The van der Waals surface area contributed by atoms with E-state index in [2.05, 4.69) is 33.9 Å². The van der Waals surface area contributed by atoms with E-state index in [1.54, 1.807) is 0 Å². The number of halogens is 2. The predicted octanol–water partition coefficient (Wildman–Crippen LogP) is 3.12. The zero-order valence-electron chi connectivity index (χ0n) is 6.38. The first-order valence-corrected chi connectivity index (χ1v) is 4.48. The molecule has 0 aliphatic rings. The lowest BCUT2D eigenvalue weighted by molar-refractivity contribution is 1.03. The molecule has 0 bridgehead atoms. The molecule has 1 aromatic heterocycles. The summed E-state index contributed by atoms with van der Waals surface area (Å²) < 4.78 is 0. The summed E-state index contributed by atoms with van der Waals surface area (Å²) in [5, 5.41) is 0.919. The van der Waals surface area contributed by atoms with Gasteiger partial charge in [0.25, 0.3) is 0 Å². The van der Waals surface area contributed by atoms with Crippen LogP contribution in [0.15, 0.2) is 18.3 Å². The number of aromatic nitrogens is 1. The second kappa shape index (κ2) is 5.72. The van der Waals surface area contributed by atoms with E-state index in [0.29, 0.717) is 0 Å². The van der Waals surface area contributed by atoms with Crippen LogP contribution in [0, 0.1) is 0 Å². The molecule has 1 nitrogen and oxygen atoms in total. The summed E-state index contributed by atoms with van der Waals surface area (Å²) in [6.07, 6.45) is 2.87. The Balaban J connectivity index is 0.000001000. The van der Waals surface area contributed by atoms with Crippen LogP contribution in [0.3, 0.4) is 0 Å². The van der Waals surface area contributed by atoms with Gasteiger partial charge in [-0.25, -0.2) is 0 Å². The van der Waals surface area contributed by atoms with E-state index in [1.165, 1.54) is 5.56 Å². The Bertz CT molecular complexity index is 194. The minimum atomic E-state index is 0. The smallest absolute Gasteiger partial charge is 0.0403 e. The van der Waals surface area contributed by atoms with Gasteiger partial charge in [-0.2, -0.15) is 0 Å². The lowest BCUT2D eigenvalue weighted by atomic mass is 10.2. The van der Waals surface area contributed by atoms with Crippen molar-refractivity contribution in [2.45, 2.75) is 18.7 Å². The van der Waals surface area contributed by atoms with Gasteiger partial charge in [0.05, 0.1) is 0 Å². The molecule has 0 aliphatic carbocycles. The summed E-state index contributed by atoms with van der Waals surface area (Å²) in [4.78, 5) is 4.19. The summed E-state index contributed by atoms with van der Waals surface area (Å²) in [7, 11) is 0. The van der Waals surface area contributed by atoms with E-state index in [4.69, 9.17) is 0 Å². The third-order valence-corrected chi connectivity index (χ3v) is 2.04. The van der Waals surface area contributed by atoms with Crippen LogP contribution in [0.5, 0.6) is 0 Å². The zero-order valence-corrected chi connectivity index (χ0v) is 9.68. The second-order valence-electron chi connectivity index (χ2n) is 2.14. The molecule has 0 aliphatic heterocycles. The number of rotatable bonds is 2. The number of alkyl halides is 1. The van der Waals surface area contributed by atoms with Gasteiger partial charge in [0.15, 0.2) is 0 Å². The summed E-state index contributed by atoms with van der Waals surface area (Å²) >= 11 is 3.39. The minimum absolute atomic E-state index is 0. The lowest BCUT2D eigenvalue weighted by Gasteiger charge is -1.96. The van der Waals surface area contributed by atoms with Gasteiger partial charge in [-0.3, -0.25) is 4.98 Å². The quantitative estimate of drug-likeness (QED) is 0.759. The second-order valence-corrected chi connectivity index (χ2v) is 2.70. The van der Waals surface area contributed by atoms with Crippen LogP contribution in [0.4, 0.5) is 0 Å². The highest BCUT2D eigenvalue weighted by molar-refractivity contribution is 9.08. The highest BCUT2D eigenvalue weighted by Gasteiger charge is 1.91. The summed E-state index contributed by atoms with van der Waals surface area (Å²) in [6, 6.07) is 4.14. The van der Waals surface area contributed by atoms with E-state index < -0.39 is 0 Å². The number of aryl methyl sites for hydroxylation is 1. The van der Waals surface area contributed by atoms with Crippen molar-refractivity contribution < 1.29 is 0 Å². The molecule has 1 aromatic rings. The molecular formula is C8H11Br2N. The topological polar surface area (TPSA) is 12.9 Å². The van der Waals surface area contributed by atoms with E-state index in [0.717, 1.165) is 17.4 Å². The highest BCUT2D eigenvalue weighted by Crippen LogP contribution is 2.05. The first-order valence-electron chi connectivity index (χ1n) is 3.36. The Morgan fingerprint density at radius 3 is 2.82 bits per heavy atom. The standard InChI is InChI=1S/C8H10BrN.BrH/c1-2-8-5-7(6-9)3-4-10-8;/h3-5H,2,6H2,1H3;1H. The Hall–Kier alpha value is 0.110. The fourth-order valence-corrected chi connectivity index (χ4v) is 1.15. The van der Waals surface area contributed by atoms with Crippen LogP contribution in [0.2, 0.25) is 0 Å². The van der Waals surface area contributed by atoms with Crippen molar-refractivity contribution in [1.29, 1.82) is 0 Å². The molecule has 0 spiro atoms. The molecule has 0 fully saturated rings. The molecule has 1 heterocycles. The van der Waals surface area contributed by atoms with Crippen molar-refractivity contribution in [3.05, 3.63) is 29.6 Å². The normalized spacial score (nSPS) is 8.91. The van der Waals surface area contributed by atoms with Gasteiger partial charge < -0.3 is 0 Å². The van der Waals surface area contributed by atoms with Crippen molar-refractivity contribution in [2.75, 3.05) is 0 Å². The summed E-state index contributed by atoms with van der Waals surface area (Å²) in [6.45, 7) is 2.11. The third-order valence-electron chi connectivity index (χ3n) is 1.40. The highest BCUT2D eigenvalue weighted by atomic mass is 79.9. The van der Waals surface area contributed by atoms with Crippen LogP contribution in [-0.4, -0.2) is 4.98 Å². The molecule has 0 amide bonds. The van der Waals surface area contributed by atoms with Crippen LogP contribution in [0.1, 0.15) is 18.2 Å². The molecule has 1 rings (SSSR count). The first-order chi connectivity index (χ1) is 4.86. The van der Waals surface area contributed by atoms with Crippen LogP contribution in [-0.2, 0) is 11.8 Å². The Kier molecular flexibility index (Phi) is 5.78. The van der Waals surface area contributed by atoms with Gasteiger partial charge in [-0.05, 0) is 24.1 Å². The fourth-order valence-electron chi connectivity index (χ4n) is 0.805. The Morgan fingerprint density at radius 2 is 2.27 bits per heavy atom. The molecule has 0 atom stereocenters. The van der Waals surface area contributed by atoms with Gasteiger partial charge in [0, 0.05) is 17.2 Å².